The molecule has 0 fully saturated rings. The number of halogens is 1. The minimum atomic E-state index is -0.860. The van der Waals surface area contributed by atoms with Crippen molar-refractivity contribution < 1.29 is 28.8 Å². The van der Waals surface area contributed by atoms with Crippen molar-refractivity contribution in [1.29, 1.82) is 0 Å². The van der Waals surface area contributed by atoms with E-state index in [0.717, 1.165) is 11.1 Å². The lowest BCUT2D eigenvalue weighted by atomic mass is 10.1. The van der Waals surface area contributed by atoms with E-state index in [-0.39, 0.29) is 25.8 Å². The van der Waals surface area contributed by atoms with Crippen molar-refractivity contribution in [3.8, 4) is 23.0 Å². The van der Waals surface area contributed by atoms with Crippen LogP contribution in [0.5, 0.6) is 23.0 Å². The van der Waals surface area contributed by atoms with Crippen LogP contribution in [0, 0.1) is 5.82 Å². The Kier molecular flexibility index (Phi) is 4.20. The minimum absolute atomic E-state index is 0.149. The molecule has 0 saturated carbocycles. The summed E-state index contributed by atoms with van der Waals surface area (Å²) in [7, 11) is 0. The summed E-state index contributed by atoms with van der Waals surface area (Å²) >= 11 is 0. The quantitative estimate of drug-likeness (QED) is 0.885. The molecule has 25 heavy (non-hydrogen) atoms. The van der Waals surface area contributed by atoms with Gasteiger partial charge in [0.25, 0.3) is 0 Å². The maximum atomic E-state index is 13.7. The van der Waals surface area contributed by atoms with Crippen LogP contribution in [0.1, 0.15) is 11.1 Å². The number of aliphatic hydroxyl groups is 2. The molecule has 2 aliphatic heterocycles. The van der Waals surface area contributed by atoms with Gasteiger partial charge in [0, 0.05) is 42.9 Å². The van der Waals surface area contributed by atoms with E-state index in [1.807, 2.05) is 11.0 Å². The fraction of sp³-hybridized carbons (Fsp3) is 0.333. The van der Waals surface area contributed by atoms with Crippen molar-refractivity contribution in [3.05, 3.63) is 47.3 Å². The average Bonchev–Trinajstić information content (AvgIpc) is 3.03. The van der Waals surface area contributed by atoms with E-state index >= 15 is 0 Å². The van der Waals surface area contributed by atoms with Gasteiger partial charge in [0.1, 0.15) is 17.3 Å². The normalized spacial score (nSPS) is 17.1. The molecule has 0 radical (unpaired) electrons. The second kappa shape index (κ2) is 6.51. The van der Waals surface area contributed by atoms with Gasteiger partial charge in [-0.1, -0.05) is 6.07 Å². The third-order valence-electron chi connectivity index (χ3n) is 4.27. The molecule has 4 rings (SSSR count). The van der Waals surface area contributed by atoms with Crippen molar-refractivity contribution >= 4 is 0 Å². The first-order chi connectivity index (χ1) is 12.1. The predicted octanol–water partition coefficient (Wildman–Crippen LogP) is 2.02. The van der Waals surface area contributed by atoms with E-state index in [9.17, 15) is 9.50 Å². The van der Waals surface area contributed by atoms with Crippen molar-refractivity contribution in [2.75, 3.05) is 19.9 Å². The van der Waals surface area contributed by atoms with E-state index < -0.39 is 6.10 Å². The SMILES string of the molecule is OCC(O)CN1Cc2ccc(F)cc2Oc2cc3c(cc2C1)OCO3. The molecule has 1 unspecified atom stereocenters. The molecule has 0 aromatic heterocycles. The number of benzene rings is 2. The zero-order chi connectivity index (χ0) is 17.4. The topological polar surface area (TPSA) is 71.4 Å². The number of nitrogens with zero attached hydrogens (tertiary/aromatic N) is 1. The lowest BCUT2D eigenvalue weighted by Crippen LogP contribution is -2.34. The van der Waals surface area contributed by atoms with Crippen LogP contribution >= 0.6 is 0 Å². The molecule has 6 nitrogen and oxygen atoms in total. The highest BCUT2D eigenvalue weighted by Gasteiger charge is 2.24. The molecule has 0 amide bonds. The Morgan fingerprint density at radius 1 is 1.00 bits per heavy atom. The minimum Gasteiger partial charge on any atom is -0.456 e. The van der Waals surface area contributed by atoms with Gasteiger partial charge in [0.05, 0.1) is 12.7 Å². The van der Waals surface area contributed by atoms with Gasteiger partial charge in [-0.3, -0.25) is 4.90 Å². The second-order valence-corrected chi connectivity index (χ2v) is 6.17. The summed E-state index contributed by atoms with van der Waals surface area (Å²) in [5, 5.41) is 19.0. The van der Waals surface area contributed by atoms with Crippen LogP contribution in [0.25, 0.3) is 0 Å². The average molecular weight is 347 g/mol. The number of aliphatic hydroxyl groups excluding tert-OH is 2. The van der Waals surface area contributed by atoms with Gasteiger partial charge in [-0.2, -0.15) is 0 Å². The number of hydrogen-bond donors (Lipinski definition) is 2. The van der Waals surface area contributed by atoms with Gasteiger partial charge in [-0.05, 0) is 12.1 Å². The first-order valence-electron chi connectivity index (χ1n) is 8.02. The molecule has 2 aliphatic rings. The van der Waals surface area contributed by atoms with Gasteiger partial charge in [-0.25, -0.2) is 4.39 Å². The van der Waals surface area contributed by atoms with Crippen molar-refractivity contribution in [1.82, 2.24) is 4.90 Å². The van der Waals surface area contributed by atoms with Crippen molar-refractivity contribution in [2.24, 2.45) is 0 Å². The molecular formula is C18H18FNO5. The van der Waals surface area contributed by atoms with Gasteiger partial charge in [-0.15, -0.1) is 0 Å². The highest BCUT2D eigenvalue weighted by molar-refractivity contribution is 5.54. The van der Waals surface area contributed by atoms with Crippen LogP contribution in [-0.2, 0) is 13.1 Å². The van der Waals surface area contributed by atoms with Crippen LogP contribution in [0.2, 0.25) is 0 Å². The summed E-state index contributed by atoms with van der Waals surface area (Å²) < 4.78 is 30.4. The van der Waals surface area contributed by atoms with Crippen LogP contribution in [-0.4, -0.2) is 41.2 Å². The summed E-state index contributed by atoms with van der Waals surface area (Å²) in [6, 6.07) is 7.96. The van der Waals surface area contributed by atoms with E-state index in [4.69, 9.17) is 19.3 Å². The fourth-order valence-electron chi connectivity index (χ4n) is 3.08. The predicted molar refractivity (Wildman–Crippen MR) is 86.2 cm³/mol. The summed E-state index contributed by atoms with van der Waals surface area (Å²) in [6.45, 7) is 1.05. The highest BCUT2D eigenvalue weighted by atomic mass is 19.1. The summed E-state index contributed by atoms with van der Waals surface area (Å²) in [5.74, 6) is 1.80. The zero-order valence-electron chi connectivity index (χ0n) is 13.4. The summed E-state index contributed by atoms with van der Waals surface area (Å²) in [5.41, 5.74) is 1.64. The monoisotopic (exact) mass is 347 g/mol. The van der Waals surface area contributed by atoms with Crippen LogP contribution < -0.4 is 14.2 Å². The highest BCUT2D eigenvalue weighted by Crippen LogP contribution is 2.42. The Hall–Kier alpha value is -2.35. The summed E-state index contributed by atoms with van der Waals surface area (Å²) in [6.07, 6.45) is -0.860. The zero-order valence-corrected chi connectivity index (χ0v) is 13.4. The molecule has 2 N–H and O–H groups in total. The number of β-amino-alcohol motifs (C(OH)–C–C–N with tert-alkyl or cyclic N) is 1. The fourth-order valence-corrected chi connectivity index (χ4v) is 3.08. The second-order valence-electron chi connectivity index (χ2n) is 6.17. The van der Waals surface area contributed by atoms with Crippen LogP contribution in [0.4, 0.5) is 4.39 Å². The molecule has 0 saturated heterocycles. The van der Waals surface area contributed by atoms with E-state index in [0.29, 0.717) is 36.1 Å². The molecule has 1 atom stereocenters. The Morgan fingerprint density at radius 2 is 1.72 bits per heavy atom. The molecule has 0 bridgehead atoms. The largest absolute Gasteiger partial charge is 0.456 e. The third-order valence-corrected chi connectivity index (χ3v) is 4.27. The Labute approximate surface area is 144 Å². The van der Waals surface area contributed by atoms with E-state index in [1.165, 1.54) is 12.1 Å². The number of ether oxygens (including phenoxy) is 3. The van der Waals surface area contributed by atoms with Gasteiger partial charge >= 0.3 is 0 Å². The molecular weight excluding hydrogens is 329 g/mol. The Balaban J connectivity index is 1.76. The van der Waals surface area contributed by atoms with Gasteiger partial charge < -0.3 is 24.4 Å². The van der Waals surface area contributed by atoms with Crippen LogP contribution in [0.3, 0.4) is 0 Å². The van der Waals surface area contributed by atoms with Gasteiger partial charge in [0.15, 0.2) is 11.5 Å². The molecule has 2 aromatic rings. The van der Waals surface area contributed by atoms with Crippen molar-refractivity contribution in [2.45, 2.75) is 19.2 Å². The maximum absolute atomic E-state index is 13.7. The van der Waals surface area contributed by atoms with Gasteiger partial charge in [0.2, 0.25) is 6.79 Å². The summed E-state index contributed by atoms with van der Waals surface area (Å²) in [4.78, 5) is 1.97. The first kappa shape index (κ1) is 16.1. The van der Waals surface area contributed by atoms with Crippen LogP contribution in [0.15, 0.2) is 30.3 Å². The molecule has 2 aromatic carbocycles. The van der Waals surface area contributed by atoms with E-state index in [1.54, 1.807) is 12.1 Å². The molecule has 132 valence electrons. The third kappa shape index (κ3) is 3.26. The smallest absolute Gasteiger partial charge is 0.231 e. The number of rotatable bonds is 3. The molecule has 7 heteroatoms. The van der Waals surface area contributed by atoms with Crippen molar-refractivity contribution in [3.63, 3.8) is 0 Å². The maximum Gasteiger partial charge on any atom is 0.231 e. The number of fused-ring (bicyclic) bond motifs is 3. The standard InChI is InChI=1S/C18H18FNO5/c19-13-2-1-11-6-20(8-14(22)9-21)7-12-3-17-18(24-10-23-17)5-16(12)25-15(11)4-13/h1-5,14,21-22H,6-10H2. The Bertz CT molecular complexity index is 797. The number of hydrogen-bond acceptors (Lipinski definition) is 6. The Morgan fingerprint density at radius 3 is 2.52 bits per heavy atom. The molecule has 2 heterocycles. The lowest BCUT2D eigenvalue weighted by Gasteiger charge is -2.29. The first-order valence-corrected chi connectivity index (χ1v) is 8.02. The molecule has 0 aliphatic carbocycles. The molecule has 0 spiro atoms. The van der Waals surface area contributed by atoms with E-state index in [2.05, 4.69) is 0 Å². The lowest BCUT2D eigenvalue weighted by molar-refractivity contribution is 0.0532.